The first kappa shape index (κ1) is 13.9. The SMILES string of the molecule is COc1nc(NCCCN2CCOCC2)ccc1N. The Bertz CT molecular complexity index is 394. The quantitative estimate of drug-likeness (QED) is 0.742. The van der Waals surface area contributed by atoms with Crippen LogP contribution in [-0.2, 0) is 4.74 Å². The number of nitrogens with zero attached hydrogens (tertiary/aromatic N) is 2. The maximum atomic E-state index is 5.72. The van der Waals surface area contributed by atoms with E-state index in [2.05, 4.69) is 15.2 Å². The number of rotatable bonds is 6. The monoisotopic (exact) mass is 266 g/mol. The number of aromatic nitrogens is 1. The van der Waals surface area contributed by atoms with E-state index < -0.39 is 0 Å². The molecule has 2 heterocycles. The molecule has 2 rings (SSSR count). The average molecular weight is 266 g/mol. The second-order valence-electron chi connectivity index (χ2n) is 4.53. The number of pyridine rings is 1. The molecule has 1 aliphatic rings. The number of hydrogen-bond acceptors (Lipinski definition) is 6. The summed E-state index contributed by atoms with van der Waals surface area (Å²) < 4.78 is 10.4. The molecule has 6 heteroatoms. The zero-order valence-electron chi connectivity index (χ0n) is 11.4. The van der Waals surface area contributed by atoms with Gasteiger partial charge in [0.05, 0.1) is 26.0 Å². The molecule has 3 N–H and O–H groups in total. The van der Waals surface area contributed by atoms with Crippen molar-refractivity contribution in [2.24, 2.45) is 0 Å². The Morgan fingerprint density at radius 1 is 1.42 bits per heavy atom. The molecule has 1 aromatic heterocycles. The lowest BCUT2D eigenvalue weighted by Gasteiger charge is -2.26. The van der Waals surface area contributed by atoms with Gasteiger partial charge in [0.1, 0.15) is 5.82 Å². The van der Waals surface area contributed by atoms with E-state index in [0.717, 1.165) is 51.6 Å². The Kier molecular flexibility index (Phi) is 5.23. The fourth-order valence-corrected chi connectivity index (χ4v) is 2.06. The first-order chi connectivity index (χ1) is 9.29. The highest BCUT2D eigenvalue weighted by Gasteiger charge is 2.09. The van der Waals surface area contributed by atoms with Crippen LogP contribution in [-0.4, -0.2) is 56.4 Å². The van der Waals surface area contributed by atoms with Gasteiger partial charge in [0, 0.05) is 19.6 Å². The zero-order valence-corrected chi connectivity index (χ0v) is 11.4. The normalized spacial score (nSPS) is 16.3. The molecule has 1 fully saturated rings. The first-order valence-electron chi connectivity index (χ1n) is 6.64. The van der Waals surface area contributed by atoms with Gasteiger partial charge in [0.25, 0.3) is 0 Å². The fourth-order valence-electron chi connectivity index (χ4n) is 2.06. The summed E-state index contributed by atoms with van der Waals surface area (Å²) in [6.45, 7) is 5.75. The highest BCUT2D eigenvalue weighted by Crippen LogP contribution is 2.19. The molecule has 1 saturated heterocycles. The molecule has 106 valence electrons. The average Bonchev–Trinajstić information content (AvgIpc) is 2.46. The van der Waals surface area contributed by atoms with Crippen molar-refractivity contribution in [3.05, 3.63) is 12.1 Å². The number of ether oxygens (including phenoxy) is 2. The van der Waals surface area contributed by atoms with Crippen LogP contribution < -0.4 is 15.8 Å². The van der Waals surface area contributed by atoms with Gasteiger partial charge in [-0.25, -0.2) is 0 Å². The standard InChI is InChI=1S/C13H22N4O2/c1-18-13-11(14)3-4-12(16-13)15-5-2-6-17-7-9-19-10-8-17/h3-4H,2,5-10,14H2,1H3,(H,15,16). The minimum atomic E-state index is 0.471. The minimum Gasteiger partial charge on any atom is -0.479 e. The van der Waals surface area contributed by atoms with Gasteiger partial charge in [-0.3, -0.25) is 4.90 Å². The lowest BCUT2D eigenvalue weighted by atomic mass is 10.3. The van der Waals surface area contributed by atoms with Crippen LogP contribution in [0.15, 0.2) is 12.1 Å². The Morgan fingerprint density at radius 3 is 2.95 bits per heavy atom. The number of hydrogen-bond donors (Lipinski definition) is 2. The third kappa shape index (κ3) is 4.25. The summed E-state index contributed by atoms with van der Waals surface area (Å²) in [5.41, 5.74) is 6.28. The van der Waals surface area contributed by atoms with E-state index >= 15 is 0 Å². The van der Waals surface area contributed by atoms with Crippen molar-refractivity contribution in [2.75, 3.05) is 57.6 Å². The summed E-state index contributed by atoms with van der Waals surface area (Å²) in [5, 5.41) is 3.28. The second kappa shape index (κ2) is 7.16. The van der Waals surface area contributed by atoms with Crippen molar-refractivity contribution in [3.8, 4) is 5.88 Å². The molecule has 0 aliphatic carbocycles. The molecule has 0 spiro atoms. The topological polar surface area (TPSA) is 72.6 Å². The number of nitrogen functional groups attached to an aromatic ring is 1. The Hall–Kier alpha value is -1.53. The summed E-state index contributed by atoms with van der Waals surface area (Å²) in [4.78, 5) is 6.70. The van der Waals surface area contributed by atoms with Gasteiger partial charge < -0.3 is 20.5 Å². The number of anilines is 2. The molecular formula is C13H22N4O2. The molecular weight excluding hydrogens is 244 g/mol. The van der Waals surface area contributed by atoms with Crippen LogP contribution in [0.3, 0.4) is 0 Å². The highest BCUT2D eigenvalue weighted by atomic mass is 16.5. The van der Waals surface area contributed by atoms with Gasteiger partial charge in [0.2, 0.25) is 5.88 Å². The predicted molar refractivity (Wildman–Crippen MR) is 75.6 cm³/mol. The highest BCUT2D eigenvalue weighted by molar-refractivity contribution is 5.53. The van der Waals surface area contributed by atoms with Crippen molar-refractivity contribution in [1.82, 2.24) is 9.88 Å². The second-order valence-corrected chi connectivity index (χ2v) is 4.53. The Balaban J connectivity index is 1.70. The maximum Gasteiger partial charge on any atom is 0.238 e. The van der Waals surface area contributed by atoms with E-state index in [9.17, 15) is 0 Å². The molecule has 1 aliphatic heterocycles. The molecule has 0 saturated carbocycles. The third-order valence-electron chi connectivity index (χ3n) is 3.14. The summed E-state index contributed by atoms with van der Waals surface area (Å²) in [7, 11) is 1.57. The maximum absolute atomic E-state index is 5.72. The van der Waals surface area contributed by atoms with E-state index in [1.54, 1.807) is 13.2 Å². The van der Waals surface area contributed by atoms with Crippen molar-refractivity contribution in [2.45, 2.75) is 6.42 Å². The lowest BCUT2D eigenvalue weighted by molar-refractivity contribution is 0.0378. The lowest BCUT2D eigenvalue weighted by Crippen LogP contribution is -2.37. The summed E-state index contributed by atoms with van der Waals surface area (Å²) in [6, 6.07) is 3.67. The molecule has 0 bridgehead atoms. The van der Waals surface area contributed by atoms with E-state index in [-0.39, 0.29) is 0 Å². The Morgan fingerprint density at radius 2 is 2.21 bits per heavy atom. The van der Waals surface area contributed by atoms with E-state index in [4.69, 9.17) is 15.2 Å². The van der Waals surface area contributed by atoms with Crippen LogP contribution in [0.2, 0.25) is 0 Å². The smallest absolute Gasteiger partial charge is 0.238 e. The fraction of sp³-hybridized carbons (Fsp3) is 0.615. The van der Waals surface area contributed by atoms with Crippen molar-refractivity contribution in [1.29, 1.82) is 0 Å². The molecule has 0 atom stereocenters. The van der Waals surface area contributed by atoms with Crippen molar-refractivity contribution >= 4 is 11.5 Å². The molecule has 0 amide bonds. The van der Waals surface area contributed by atoms with Crippen LogP contribution in [0, 0.1) is 0 Å². The van der Waals surface area contributed by atoms with E-state index in [1.165, 1.54) is 0 Å². The van der Waals surface area contributed by atoms with Gasteiger partial charge in [-0.2, -0.15) is 4.98 Å². The van der Waals surface area contributed by atoms with Crippen molar-refractivity contribution < 1.29 is 9.47 Å². The van der Waals surface area contributed by atoms with E-state index in [1.807, 2.05) is 6.07 Å². The van der Waals surface area contributed by atoms with Gasteiger partial charge in [-0.15, -0.1) is 0 Å². The molecule has 0 aromatic carbocycles. The first-order valence-corrected chi connectivity index (χ1v) is 6.64. The van der Waals surface area contributed by atoms with Gasteiger partial charge >= 0.3 is 0 Å². The van der Waals surface area contributed by atoms with Gasteiger partial charge in [-0.1, -0.05) is 0 Å². The number of morpholine rings is 1. The number of nitrogens with two attached hydrogens (primary N) is 1. The zero-order chi connectivity index (χ0) is 13.5. The minimum absolute atomic E-state index is 0.471. The van der Waals surface area contributed by atoms with Gasteiger partial charge in [-0.05, 0) is 25.1 Å². The van der Waals surface area contributed by atoms with E-state index in [0.29, 0.717) is 11.6 Å². The van der Waals surface area contributed by atoms with Gasteiger partial charge in [0.15, 0.2) is 0 Å². The molecule has 1 aromatic rings. The van der Waals surface area contributed by atoms with Crippen LogP contribution in [0.25, 0.3) is 0 Å². The number of methoxy groups -OCH3 is 1. The van der Waals surface area contributed by atoms with Crippen LogP contribution in [0.4, 0.5) is 11.5 Å². The molecule has 6 nitrogen and oxygen atoms in total. The van der Waals surface area contributed by atoms with Crippen LogP contribution in [0.5, 0.6) is 5.88 Å². The van der Waals surface area contributed by atoms with Crippen LogP contribution in [0.1, 0.15) is 6.42 Å². The molecule has 0 unspecified atom stereocenters. The summed E-state index contributed by atoms with van der Waals surface area (Å²) >= 11 is 0. The largest absolute Gasteiger partial charge is 0.479 e. The summed E-state index contributed by atoms with van der Waals surface area (Å²) in [5.74, 6) is 1.27. The third-order valence-corrected chi connectivity index (χ3v) is 3.14. The Labute approximate surface area is 113 Å². The van der Waals surface area contributed by atoms with Crippen LogP contribution >= 0.6 is 0 Å². The predicted octanol–water partition coefficient (Wildman–Crippen LogP) is 0.807. The van der Waals surface area contributed by atoms with Crippen molar-refractivity contribution in [3.63, 3.8) is 0 Å². The summed E-state index contributed by atoms with van der Waals surface area (Å²) in [6.07, 6.45) is 1.08. The number of nitrogens with one attached hydrogen (secondary N) is 1. The molecule has 0 radical (unpaired) electrons. The molecule has 19 heavy (non-hydrogen) atoms.